The number of carbonyl (C=O) groups is 2. The molecule has 12 nitrogen and oxygen atoms in total. The van der Waals surface area contributed by atoms with Crippen LogP contribution in [-0.4, -0.2) is 97.5 Å². The zero-order valence-corrected chi connectivity index (χ0v) is 30.1. The molecule has 1 aromatic carbocycles. The minimum atomic E-state index is -4.98. The van der Waals surface area contributed by atoms with Crippen LogP contribution in [0.1, 0.15) is 56.1 Å². The minimum Gasteiger partial charge on any atom is -0.628 e. The van der Waals surface area contributed by atoms with E-state index < -0.39 is 32.5 Å². The highest BCUT2D eigenvalue weighted by atomic mass is 32.2. The van der Waals surface area contributed by atoms with E-state index >= 15 is 4.39 Å². The molecular weight excluding hydrogens is 676 g/mol. The first-order chi connectivity index (χ1) is 24.2. The number of rotatable bonds is 8. The summed E-state index contributed by atoms with van der Waals surface area (Å²) < 4.78 is 52.1. The Bertz CT molecular complexity index is 1930. The van der Waals surface area contributed by atoms with Crippen molar-refractivity contribution in [1.82, 2.24) is 19.1 Å². The summed E-state index contributed by atoms with van der Waals surface area (Å²) in [6.45, 7) is 5.06. The van der Waals surface area contributed by atoms with Crippen LogP contribution in [0, 0.1) is 17.6 Å². The Morgan fingerprint density at radius 2 is 1.82 bits per heavy atom. The lowest BCUT2D eigenvalue weighted by molar-refractivity contribution is -0.817. The second-order valence-corrected chi connectivity index (χ2v) is 16.2. The van der Waals surface area contributed by atoms with Gasteiger partial charge in [-0.3, -0.25) is 9.78 Å². The average molecular weight is 719 g/mol. The molecule has 0 bridgehead atoms. The van der Waals surface area contributed by atoms with E-state index in [-0.39, 0.29) is 61.8 Å². The van der Waals surface area contributed by atoms with Gasteiger partial charge in [0.25, 0.3) is 10.0 Å². The maximum atomic E-state index is 17.5. The quantitative estimate of drug-likeness (QED) is 0.248. The molecule has 3 atom stereocenters. The Hall–Kier alpha value is -4.55. The second kappa shape index (κ2) is 13.9. The van der Waals surface area contributed by atoms with Gasteiger partial charge < -0.3 is 29.7 Å². The number of nitrogens with one attached hydrogen (secondary N) is 1. The molecule has 14 heteroatoms. The normalized spacial score (nSPS) is 22.2. The molecule has 1 aromatic heterocycles. The van der Waals surface area contributed by atoms with Gasteiger partial charge in [-0.1, -0.05) is 36.3 Å². The summed E-state index contributed by atoms with van der Waals surface area (Å²) in [4.78, 5) is 36.2. The zero-order valence-electron chi connectivity index (χ0n) is 29.3. The minimum absolute atomic E-state index is 0.0193. The van der Waals surface area contributed by atoms with E-state index in [2.05, 4.69) is 10.9 Å². The fourth-order valence-corrected chi connectivity index (χ4v) is 8.90. The summed E-state index contributed by atoms with van der Waals surface area (Å²) in [6, 6.07) is 9.58. The number of sulfonamides is 1. The first-order valence-corrected chi connectivity index (χ1v) is 18.4. The van der Waals surface area contributed by atoms with E-state index in [4.69, 9.17) is 11.2 Å². The van der Waals surface area contributed by atoms with Gasteiger partial charge in [0, 0.05) is 51.1 Å². The number of allylic oxidation sites excluding steroid dienone is 1. The van der Waals surface area contributed by atoms with Crippen molar-refractivity contribution in [2.45, 2.75) is 56.7 Å². The van der Waals surface area contributed by atoms with Crippen molar-refractivity contribution < 1.29 is 32.2 Å². The van der Waals surface area contributed by atoms with Crippen molar-refractivity contribution in [1.29, 1.82) is 0 Å². The molecule has 1 N–H and O–H groups in total. The lowest BCUT2D eigenvalue weighted by atomic mass is 9.87. The predicted octanol–water partition coefficient (Wildman–Crippen LogP) is 3.33. The van der Waals surface area contributed by atoms with Gasteiger partial charge in [-0.25, -0.2) is 17.6 Å². The summed E-state index contributed by atoms with van der Waals surface area (Å²) in [6.07, 6.45) is 13.2. The number of nitrogens with zero attached hydrogens (tertiary/aromatic N) is 5. The second-order valence-electron chi connectivity index (χ2n) is 14.2. The van der Waals surface area contributed by atoms with Crippen LogP contribution in [0.5, 0.6) is 0 Å². The van der Waals surface area contributed by atoms with E-state index in [0.29, 0.717) is 11.4 Å². The topological polar surface area (TPSA) is 131 Å². The lowest BCUT2D eigenvalue weighted by Gasteiger charge is -2.41. The van der Waals surface area contributed by atoms with Crippen molar-refractivity contribution in [3.8, 4) is 12.3 Å². The van der Waals surface area contributed by atoms with Gasteiger partial charge in [0.1, 0.15) is 17.0 Å². The van der Waals surface area contributed by atoms with Gasteiger partial charge in [-0.15, -0.1) is 6.42 Å². The van der Waals surface area contributed by atoms with E-state index in [0.717, 1.165) is 40.3 Å². The van der Waals surface area contributed by atoms with Gasteiger partial charge in [-0.2, -0.15) is 4.31 Å². The van der Waals surface area contributed by atoms with Gasteiger partial charge in [0.15, 0.2) is 6.67 Å². The fraction of sp³-hybridized carbons (Fsp3) is 0.432. The molecule has 0 saturated carbocycles. The van der Waals surface area contributed by atoms with Crippen LogP contribution in [0.25, 0.3) is 0 Å². The number of hydroxylamine groups is 2. The summed E-state index contributed by atoms with van der Waals surface area (Å²) in [5, 5.41) is 9.63. The number of Topliss-reactive ketones (excluding diaryl/α,β-unsaturated/α-hetero) is 1. The average Bonchev–Trinajstić information content (AvgIpc) is 3.60. The number of aromatic nitrogens is 1. The molecule has 0 spiro atoms. The Balaban J connectivity index is 1.30. The number of amides is 1. The first kappa shape index (κ1) is 36.2. The monoisotopic (exact) mass is 718 g/mol. The number of benzene rings is 1. The molecule has 3 heterocycles. The molecule has 51 heavy (non-hydrogen) atoms. The van der Waals surface area contributed by atoms with Crippen LogP contribution in [0.2, 0.25) is 0 Å². The molecule has 2 aliphatic heterocycles. The van der Waals surface area contributed by atoms with Gasteiger partial charge >= 0.3 is 11.1 Å². The fourth-order valence-electron chi connectivity index (χ4n) is 7.13. The van der Waals surface area contributed by atoms with Gasteiger partial charge in [-0.05, 0) is 63.3 Å². The van der Waals surface area contributed by atoms with Gasteiger partial charge in [0.05, 0.1) is 30.0 Å². The number of quaternary nitrogens is 1. The van der Waals surface area contributed by atoms with Crippen molar-refractivity contribution in [2.75, 3.05) is 51.3 Å². The molecular formula is C37H43FN6O6S. The predicted molar refractivity (Wildman–Crippen MR) is 190 cm³/mol. The molecule has 1 amide bonds. The van der Waals surface area contributed by atoms with E-state index in [9.17, 15) is 23.2 Å². The summed E-state index contributed by atoms with van der Waals surface area (Å²) >= 11 is 0. The number of fused-ring (bicyclic) bond motifs is 2. The molecule has 0 radical (unpaired) electrons. The van der Waals surface area contributed by atoms with Crippen LogP contribution in [0.15, 0.2) is 83.4 Å². The molecule has 4 aliphatic rings. The van der Waals surface area contributed by atoms with Crippen molar-refractivity contribution in [2.24, 2.45) is 0 Å². The highest BCUT2D eigenvalue weighted by Gasteiger charge is 2.57. The van der Waals surface area contributed by atoms with Crippen molar-refractivity contribution in [3.63, 3.8) is 0 Å². The molecule has 270 valence electrons. The van der Waals surface area contributed by atoms with Crippen molar-refractivity contribution >= 4 is 27.6 Å². The summed E-state index contributed by atoms with van der Waals surface area (Å²) in [5.41, 5.74) is 2.95. The number of pyridine rings is 1. The number of hydrogen-bond acceptors (Lipinski definition) is 9. The number of piperazine rings is 1. The number of terminal acetylenes is 1. The first-order valence-electron chi connectivity index (χ1n) is 17.0. The number of ether oxygens (including phenoxy) is 1. The van der Waals surface area contributed by atoms with Crippen LogP contribution in [-0.2, 0) is 19.8 Å². The van der Waals surface area contributed by atoms with E-state index in [1.807, 2.05) is 29.1 Å². The number of hydrogen-bond donors (Lipinski definition) is 1. The Morgan fingerprint density at radius 1 is 1.12 bits per heavy atom. The molecule has 3 unspecified atom stereocenters. The zero-order chi connectivity index (χ0) is 36.7. The lowest BCUT2D eigenvalue weighted by Crippen LogP contribution is -3.08. The highest BCUT2D eigenvalue weighted by molar-refractivity contribution is 7.90. The van der Waals surface area contributed by atoms with Gasteiger partial charge in [0.2, 0.25) is 5.78 Å². The number of ketones is 1. The van der Waals surface area contributed by atoms with Crippen LogP contribution < -0.4 is 9.96 Å². The molecule has 1 saturated heterocycles. The van der Waals surface area contributed by atoms with Crippen molar-refractivity contribution in [3.05, 3.63) is 99.8 Å². The summed E-state index contributed by atoms with van der Waals surface area (Å²) in [5.74, 6) is 1.35. The highest BCUT2D eigenvalue weighted by Crippen LogP contribution is 2.43. The number of alkyl halides is 1. The van der Waals surface area contributed by atoms with E-state index in [1.54, 1.807) is 32.9 Å². The van der Waals surface area contributed by atoms with Crippen LogP contribution >= 0.6 is 0 Å². The SMILES string of the molecule is C#CCN(c1ccc(C(=O)C(F)(c2ccccc2)S(=O)(=O)N2CCN(C(=O)OC(C)(C)C)CC2)nc1)C1C=C2C(=CN(C)C[NH+]2[O-])C2=C1CCC2. The Labute approximate surface area is 298 Å². The molecule has 2 aromatic rings. The third-order valence-corrected chi connectivity index (χ3v) is 11.7. The summed E-state index contributed by atoms with van der Waals surface area (Å²) in [7, 11) is -3.11. The molecule has 6 rings (SSSR count). The molecule has 2 aliphatic carbocycles. The standard InChI is InChI=1S/C37H43FN6O6S/c1-6-17-43(32-22-33-30(24-40(5)25-44(33)47)28-13-10-14-29(28)32)27-15-16-31(39-23-27)34(45)37(38,26-11-8-7-9-12-26)51(48,49)42-20-18-41(19-21-42)35(46)50-36(2,3)4/h1,7-9,11-12,15-16,22-24,32,44H,10,13-14,17-21,25H2,2-5H3. The third-order valence-electron chi connectivity index (χ3n) is 9.53. The number of anilines is 1. The van der Waals surface area contributed by atoms with Crippen LogP contribution in [0.3, 0.4) is 0 Å². The van der Waals surface area contributed by atoms with E-state index in [1.165, 1.54) is 41.4 Å². The van der Waals surface area contributed by atoms with Crippen LogP contribution in [0.4, 0.5) is 14.9 Å². The molecule has 1 fully saturated rings. The third kappa shape index (κ3) is 6.79. The maximum absolute atomic E-state index is 17.5. The largest absolute Gasteiger partial charge is 0.628 e. The Morgan fingerprint density at radius 3 is 2.45 bits per heavy atom. The Kier molecular flexibility index (Phi) is 9.86. The smallest absolute Gasteiger partial charge is 0.410 e. The number of carbonyl (C=O) groups excluding carboxylic acids is 2. The number of halogens is 1. The maximum Gasteiger partial charge on any atom is 0.410 e.